The molecule has 0 radical (unpaired) electrons. The van der Waals surface area contributed by atoms with Gasteiger partial charge in [0.1, 0.15) is 0 Å². The van der Waals surface area contributed by atoms with Gasteiger partial charge in [0.2, 0.25) is 0 Å². The van der Waals surface area contributed by atoms with E-state index in [0.29, 0.717) is 18.5 Å². The first kappa shape index (κ1) is 12.7. The Morgan fingerprint density at radius 3 is 2.44 bits per heavy atom. The Kier molecular flexibility index (Phi) is 3.46. The Bertz CT molecular complexity index is 445. The largest absolute Gasteiger partial charge is 0.393 e. The van der Waals surface area contributed by atoms with Gasteiger partial charge in [-0.2, -0.15) is 18.4 Å². The highest BCUT2D eigenvalue weighted by Gasteiger charge is 2.41. The van der Waals surface area contributed by atoms with Gasteiger partial charge in [0, 0.05) is 18.8 Å². The van der Waals surface area contributed by atoms with E-state index in [1.54, 1.807) is 29.2 Å². The van der Waals surface area contributed by atoms with Crippen LogP contribution in [-0.4, -0.2) is 19.3 Å². The summed E-state index contributed by atoms with van der Waals surface area (Å²) in [5, 5.41) is 8.68. The van der Waals surface area contributed by atoms with Crippen molar-refractivity contribution in [1.29, 1.82) is 5.26 Å². The van der Waals surface area contributed by atoms with E-state index in [2.05, 4.69) is 0 Å². The lowest BCUT2D eigenvalue weighted by Gasteiger charge is -2.35. The van der Waals surface area contributed by atoms with Gasteiger partial charge >= 0.3 is 6.18 Å². The van der Waals surface area contributed by atoms with Crippen LogP contribution >= 0.6 is 0 Å². The highest BCUT2D eigenvalue weighted by atomic mass is 19.4. The molecule has 96 valence electrons. The van der Waals surface area contributed by atoms with E-state index in [9.17, 15) is 13.2 Å². The second-order valence-electron chi connectivity index (χ2n) is 4.49. The van der Waals surface area contributed by atoms with Crippen LogP contribution in [-0.2, 0) is 0 Å². The molecule has 1 atom stereocenters. The number of anilines is 1. The van der Waals surface area contributed by atoms with Crippen molar-refractivity contribution in [3.63, 3.8) is 0 Å². The minimum Gasteiger partial charge on any atom is -0.371 e. The monoisotopic (exact) mass is 254 g/mol. The zero-order valence-corrected chi connectivity index (χ0v) is 9.74. The van der Waals surface area contributed by atoms with E-state index >= 15 is 0 Å². The fourth-order valence-electron chi connectivity index (χ4n) is 2.23. The molecule has 5 heteroatoms. The van der Waals surface area contributed by atoms with E-state index < -0.39 is 12.1 Å². The Morgan fingerprint density at radius 1 is 1.22 bits per heavy atom. The van der Waals surface area contributed by atoms with Gasteiger partial charge < -0.3 is 4.90 Å². The van der Waals surface area contributed by atoms with E-state index in [-0.39, 0.29) is 13.0 Å². The van der Waals surface area contributed by atoms with Gasteiger partial charge in [-0.1, -0.05) is 0 Å². The molecule has 0 amide bonds. The van der Waals surface area contributed by atoms with Gasteiger partial charge in [-0.25, -0.2) is 0 Å². The first-order valence-corrected chi connectivity index (χ1v) is 5.82. The molecule has 0 aromatic heterocycles. The normalized spacial score (nSPS) is 20.6. The van der Waals surface area contributed by atoms with Crippen molar-refractivity contribution in [1.82, 2.24) is 0 Å². The first-order valence-electron chi connectivity index (χ1n) is 5.82. The maximum atomic E-state index is 12.7. The van der Waals surface area contributed by atoms with E-state index in [1.807, 2.05) is 6.07 Å². The Hall–Kier alpha value is -1.70. The zero-order valence-electron chi connectivity index (χ0n) is 9.74. The number of alkyl halides is 3. The van der Waals surface area contributed by atoms with Crippen molar-refractivity contribution in [2.75, 3.05) is 18.0 Å². The summed E-state index contributed by atoms with van der Waals surface area (Å²) < 4.78 is 38.0. The third-order valence-corrected chi connectivity index (χ3v) is 3.25. The lowest BCUT2D eigenvalue weighted by molar-refractivity contribution is -0.175. The molecule has 2 rings (SSSR count). The molecule has 0 bridgehead atoms. The van der Waals surface area contributed by atoms with Crippen LogP contribution in [0.15, 0.2) is 24.3 Å². The molecule has 1 fully saturated rings. The van der Waals surface area contributed by atoms with E-state index in [1.165, 1.54) is 0 Å². The van der Waals surface area contributed by atoms with Crippen LogP contribution in [0.3, 0.4) is 0 Å². The van der Waals surface area contributed by atoms with Crippen molar-refractivity contribution in [3.05, 3.63) is 29.8 Å². The van der Waals surface area contributed by atoms with Crippen LogP contribution < -0.4 is 4.90 Å². The number of hydrogen-bond donors (Lipinski definition) is 0. The lowest BCUT2D eigenvalue weighted by atomic mass is 9.97. The second-order valence-corrected chi connectivity index (χ2v) is 4.49. The van der Waals surface area contributed by atoms with E-state index in [0.717, 1.165) is 5.69 Å². The molecule has 1 aromatic carbocycles. The Morgan fingerprint density at radius 2 is 1.89 bits per heavy atom. The molecule has 1 aliphatic heterocycles. The maximum absolute atomic E-state index is 12.7. The number of benzene rings is 1. The molecule has 2 nitrogen and oxygen atoms in total. The first-order chi connectivity index (χ1) is 8.50. The molecular weight excluding hydrogens is 241 g/mol. The third-order valence-electron chi connectivity index (χ3n) is 3.25. The number of rotatable bonds is 1. The standard InChI is InChI=1S/C13H13F3N2/c14-13(15,16)11-2-1-7-18(9-11)12-5-3-10(8-17)4-6-12/h3-6,11H,1-2,7,9H2. The second kappa shape index (κ2) is 4.89. The van der Waals surface area contributed by atoms with E-state index in [4.69, 9.17) is 5.26 Å². The average Bonchev–Trinajstić information content (AvgIpc) is 2.38. The predicted molar refractivity (Wildman–Crippen MR) is 62.1 cm³/mol. The summed E-state index contributed by atoms with van der Waals surface area (Å²) in [4.78, 5) is 1.74. The predicted octanol–water partition coefficient (Wildman–Crippen LogP) is 3.34. The molecule has 0 saturated carbocycles. The summed E-state index contributed by atoms with van der Waals surface area (Å²) in [6.45, 7) is 0.647. The summed E-state index contributed by atoms with van der Waals surface area (Å²) in [7, 11) is 0. The lowest BCUT2D eigenvalue weighted by Crippen LogP contribution is -2.41. The zero-order chi connectivity index (χ0) is 13.2. The van der Waals surface area contributed by atoms with Crippen LogP contribution in [0.1, 0.15) is 18.4 Å². The molecule has 1 aliphatic rings. The number of nitrogens with zero attached hydrogens (tertiary/aromatic N) is 2. The minimum absolute atomic E-state index is 0.00933. The number of hydrogen-bond acceptors (Lipinski definition) is 2. The molecular formula is C13H13F3N2. The Balaban J connectivity index is 2.11. The van der Waals surface area contributed by atoms with Crippen LogP contribution in [0, 0.1) is 17.2 Å². The summed E-state index contributed by atoms with van der Waals surface area (Å²) in [6, 6.07) is 8.67. The molecule has 0 spiro atoms. The van der Waals surface area contributed by atoms with Crippen LogP contribution in [0.4, 0.5) is 18.9 Å². The molecule has 1 heterocycles. The Labute approximate surface area is 104 Å². The molecule has 18 heavy (non-hydrogen) atoms. The third kappa shape index (κ3) is 2.76. The average molecular weight is 254 g/mol. The van der Waals surface area contributed by atoms with Crippen LogP contribution in [0.25, 0.3) is 0 Å². The fourth-order valence-corrected chi connectivity index (χ4v) is 2.23. The van der Waals surface area contributed by atoms with Gasteiger partial charge in [-0.05, 0) is 37.1 Å². The molecule has 1 aromatic rings. The highest BCUT2D eigenvalue weighted by molar-refractivity contribution is 5.50. The van der Waals surface area contributed by atoms with Crippen molar-refractivity contribution in [2.45, 2.75) is 19.0 Å². The van der Waals surface area contributed by atoms with Crippen molar-refractivity contribution in [2.24, 2.45) is 5.92 Å². The topological polar surface area (TPSA) is 27.0 Å². The number of nitriles is 1. The quantitative estimate of drug-likeness (QED) is 0.768. The molecule has 1 saturated heterocycles. The van der Waals surface area contributed by atoms with Gasteiger partial charge in [-0.15, -0.1) is 0 Å². The van der Waals surface area contributed by atoms with Gasteiger partial charge in [-0.3, -0.25) is 0 Å². The highest BCUT2D eigenvalue weighted by Crippen LogP contribution is 2.34. The summed E-state index contributed by atoms with van der Waals surface area (Å²) in [6.07, 6.45) is -3.37. The number of halogens is 3. The molecule has 0 aliphatic carbocycles. The van der Waals surface area contributed by atoms with Crippen molar-refractivity contribution < 1.29 is 13.2 Å². The minimum atomic E-state index is -4.12. The summed E-state index contributed by atoms with van der Waals surface area (Å²) >= 11 is 0. The van der Waals surface area contributed by atoms with Crippen molar-refractivity contribution in [3.8, 4) is 6.07 Å². The number of piperidine rings is 1. The smallest absolute Gasteiger partial charge is 0.371 e. The van der Waals surface area contributed by atoms with Crippen LogP contribution in [0.2, 0.25) is 0 Å². The van der Waals surface area contributed by atoms with Gasteiger partial charge in [0.05, 0.1) is 17.6 Å². The summed E-state index contributed by atoms with van der Waals surface area (Å²) in [5.41, 5.74) is 1.27. The summed E-state index contributed by atoms with van der Waals surface area (Å²) in [5.74, 6) is -1.25. The van der Waals surface area contributed by atoms with Gasteiger partial charge in [0.25, 0.3) is 0 Å². The van der Waals surface area contributed by atoms with Crippen LogP contribution in [0.5, 0.6) is 0 Å². The molecule has 1 unspecified atom stereocenters. The maximum Gasteiger partial charge on any atom is 0.393 e. The molecule has 0 N–H and O–H groups in total. The SMILES string of the molecule is N#Cc1ccc(N2CCCC(C(F)(F)F)C2)cc1. The fraction of sp³-hybridized carbons (Fsp3) is 0.462. The van der Waals surface area contributed by atoms with Gasteiger partial charge in [0.15, 0.2) is 0 Å². The van der Waals surface area contributed by atoms with Crippen molar-refractivity contribution >= 4 is 5.69 Å².